The van der Waals surface area contributed by atoms with E-state index in [9.17, 15) is 0 Å². The zero-order valence-corrected chi connectivity index (χ0v) is 10.8. The minimum atomic E-state index is 0.554. The fourth-order valence-electron chi connectivity index (χ4n) is 1.25. The molecule has 1 aliphatic carbocycles. The number of ether oxygens (including phenoxy) is 1. The molecular formula is C12H25N3O. The van der Waals surface area contributed by atoms with Crippen molar-refractivity contribution in [1.82, 2.24) is 4.90 Å². The molecule has 1 saturated carbocycles. The van der Waals surface area contributed by atoms with Gasteiger partial charge in [0.15, 0.2) is 5.96 Å². The summed E-state index contributed by atoms with van der Waals surface area (Å²) < 4.78 is 5.55. The van der Waals surface area contributed by atoms with Gasteiger partial charge in [0.1, 0.15) is 0 Å². The van der Waals surface area contributed by atoms with Gasteiger partial charge in [-0.3, -0.25) is 4.99 Å². The monoisotopic (exact) mass is 227 g/mol. The van der Waals surface area contributed by atoms with Crippen molar-refractivity contribution in [3.05, 3.63) is 0 Å². The van der Waals surface area contributed by atoms with Crippen LogP contribution in [0.25, 0.3) is 0 Å². The standard InChI is InChI=1S/C12H25N3O/c1-10(2)8-14-12(13)15(3)6-7-16-9-11-4-5-11/h10-11H,4-9H2,1-3H3,(H2,13,14). The zero-order chi connectivity index (χ0) is 12.0. The molecule has 0 heterocycles. The molecule has 4 nitrogen and oxygen atoms in total. The first-order chi connectivity index (χ1) is 7.59. The number of likely N-dealkylation sites (N-methyl/N-ethyl adjacent to an activating group) is 1. The SMILES string of the molecule is CC(C)CN=C(N)N(C)CCOCC1CC1. The van der Waals surface area contributed by atoms with E-state index in [0.29, 0.717) is 11.9 Å². The molecule has 0 bridgehead atoms. The first-order valence-electron chi connectivity index (χ1n) is 6.18. The molecule has 0 aromatic heterocycles. The van der Waals surface area contributed by atoms with Crippen molar-refractivity contribution in [1.29, 1.82) is 0 Å². The second kappa shape index (κ2) is 6.74. The fourth-order valence-corrected chi connectivity index (χ4v) is 1.25. The number of hydrogen-bond acceptors (Lipinski definition) is 2. The molecule has 0 saturated heterocycles. The van der Waals surface area contributed by atoms with E-state index in [4.69, 9.17) is 10.5 Å². The molecule has 1 aliphatic rings. The van der Waals surface area contributed by atoms with Crippen LogP contribution in [0.2, 0.25) is 0 Å². The Balaban J connectivity index is 2.06. The van der Waals surface area contributed by atoms with Gasteiger partial charge in [-0.05, 0) is 24.7 Å². The van der Waals surface area contributed by atoms with Gasteiger partial charge in [-0.1, -0.05) is 13.8 Å². The number of nitrogens with two attached hydrogens (primary N) is 1. The summed E-state index contributed by atoms with van der Waals surface area (Å²) in [6.45, 7) is 7.53. The maximum absolute atomic E-state index is 5.84. The molecule has 1 rings (SSSR count). The van der Waals surface area contributed by atoms with Gasteiger partial charge in [-0.25, -0.2) is 0 Å². The van der Waals surface area contributed by atoms with Gasteiger partial charge in [0.2, 0.25) is 0 Å². The molecule has 0 radical (unpaired) electrons. The van der Waals surface area contributed by atoms with E-state index in [1.54, 1.807) is 0 Å². The third-order valence-corrected chi connectivity index (χ3v) is 2.63. The van der Waals surface area contributed by atoms with Crippen LogP contribution in [0.4, 0.5) is 0 Å². The Morgan fingerprint density at radius 1 is 1.50 bits per heavy atom. The first kappa shape index (κ1) is 13.3. The van der Waals surface area contributed by atoms with Crippen LogP contribution in [0.3, 0.4) is 0 Å². The Morgan fingerprint density at radius 2 is 2.19 bits per heavy atom. The quantitative estimate of drug-likeness (QED) is 0.405. The maximum Gasteiger partial charge on any atom is 0.191 e. The van der Waals surface area contributed by atoms with Crippen molar-refractivity contribution in [3.8, 4) is 0 Å². The molecule has 0 aliphatic heterocycles. The van der Waals surface area contributed by atoms with Crippen LogP contribution < -0.4 is 5.73 Å². The Hall–Kier alpha value is -0.770. The second-order valence-corrected chi connectivity index (χ2v) is 5.03. The highest BCUT2D eigenvalue weighted by Crippen LogP contribution is 2.28. The average molecular weight is 227 g/mol. The van der Waals surface area contributed by atoms with Crippen molar-refractivity contribution < 1.29 is 4.74 Å². The lowest BCUT2D eigenvalue weighted by atomic mass is 10.2. The van der Waals surface area contributed by atoms with E-state index in [1.165, 1.54) is 12.8 Å². The lowest BCUT2D eigenvalue weighted by molar-refractivity contribution is 0.115. The number of nitrogens with zero attached hydrogens (tertiary/aromatic N) is 2. The third kappa shape index (κ3) is 5.95. The highest BCUT2D eigenvalue weighted by atomic mass is 16.5. The molecule has 0 aromatic carbocycles. The zero-order valence-electron chi connectivity index (χ0n) is 10.8. The van der Waals surface area contributed by atoms with Crippen molar-refractivity contribution in [3.63, 3.8) is 0 Å². The van der Waals surface area contributed by atoms with Crippen LogP contribution in [0.1, 0.15) is 26.7 Å². The number of rotatable bonds is 7. The molecule has 0 unspecified atom stereocenters. The summed E-state index contributed by atoms with van der Waals surface area (Å²) in [5.41, 5.74) is 5.84. The molecule has 4 heteroatoms. The largest absolute Gasteiger partial charge is 0.379 e. The molecular weight excluding hydrogens is 202 g/mol. The lowest BCUT2D eigenvalue weighted by Crippen LogP contribution is -2.36. The molecule has 0 aromatic rings. The predicted octanol–water partition coefficient (Wildman–Crippen LogP) is 1.32. The van der Waals surface area contributed by atoms with Crippen LogP contribution in [0.15, 0.2) is 4.99 Å². The fraction of sp³-hybridized carbons (Fsp3) is 0.917. The van der Waals surface area contributed by atoms with Gasteiger partial charge in [0, 0.05) is 26.7 Å². The molecule has 0 spiro atoms. The molecule has 16 heavy (non-hydrogen) atoms. The van der Waals surface area contributed by atoms with Crippen molar-refractivity contribution in [2.45, 2.75) is 26.7 Å². The lowest BCUT2D eigenvalue weighted by Gasteiger charge is -2.18. The number of guanidine groups is 1. The second-order valence-electron chi connectivity index (χ2n) is 5.03. The summed E-state index contributed by atoms with van der Waals surface area (Å²) >= 11 is 0. The number of aliphatic imine (C=N–C) groups is 1. The van der Waals surface area contributed by atoms with Gasteiger partial charge in [0.25, 0.3) is 0 Å². The van der Waals surface area contributed by atoms with Gasteiger partial charge >= 0.3 is 0 Å². The van der Waals surface area contributed by atoms with Crippen molar-refractivity contribution in [2.75, 3.05) is 33.4 Å². The molecule has 1 fully saturated rings. The minimum absolute atomic E-state index is 0.554. The van der Waals surface area contributed by atoms with Gasteiger partial charge < -0.3 is 15.4 Å². The molecule has 94 valence electrons. The Kier molecular flexibility index (Phi) is 5.60. The maximum atomic E-state index is 5.84. The van der Waals surface area contributed by atoms with Gasteiger partial charge in [0.05, 0.1) is 6.61 Å². The van der Waals surface area contributed by atoms with E-state index >= 15 is 0 Å². The van der Waals surface area contributed by atoms with E-state index in [0.717, 1.165) is 32.2 Å². The van der Waals surface area contributed by atoms with E-state index in [-0.39, 0.29) is 0 Å². The molecule has 2 N–H and O–H groups in total. The van der Waals surface area contributed by atoms with Crippen LogP contribution in [0, 0.1) is 11.8 Å². The van der Waals surface area contributed by atoms with Crippen molar-refractivity contribution in [2.24, 2.45) is 22.6 Å². The van der Waals surface area contributed by atoms with Crippen LogP contribution in [0.5, 0.6) is 0 Å². The van der Waals surface area contributed by atoms with Crippen LogP contribution in [-0.4, -0.2) is 44.2 Å². The van der Waals surface area contributed by atoms with Crippen LogP contribution in [-0.2, 0) is 4.74 Å². The van der Waals surface area contributed by atoms with Crippen molar-refractivity contribution >= 4 is 5.96 Å². The minimum Gasteiger partial charge on any atom is -0.379 e. The van der Waals surface area contributed by atoms with Crippen LogP contribution >= 0.6 is 0 Å². The Labute approximate surface area is 98.9 Å². The summed E-state index contributed by atoms with van der Waals surface area (Å²) in [5, 5.41) is 0. The predicted molar refractivity (Wildman–Crippen MR) is 67.5 cm³/mol. The third-order valence-electron chi connectivity index (χ3n) is 2.63. The highest BCUT2D eigenvalue weighted by Gasteiger charge is 2.20. The summed E-state index contributed by atoms with van der Waals surface area (Å²) in [4.78, 5) is 6.27. The normalized spacial score (nSPS) is 16.9. The summed E-state index contributed by atoms with van der Waals surface area (Å²) in [6, 6.07) is 0. The highest BCUT2D eigenvalue weighted by molar-refractivity contribution is 5.77. The first-order valence-corrected chi connectivity index (χ1v) is 6.18. The van der Waals surface area contributed by atoms with E-state index in [1.807, 2.05) is 11.9 Å². The summed E-state index contributed by atoms with van der Waals surface area (Å²) in [6.07, 6.45) is 2.68. The smallest absolute Gasteiger partial charge is 0.191 e. The number of hydrogen-bond donors (Lipinski definition) is 1. The van der Waals surface area contributed by atoms with Gasteiger partial charge in [-0.2, -0.15) is 0 Å². The molecule has 0 atom stereocenters. The topological polar surface area (TPSA) is 50.8 Å². The van der Waals surface area contributed by atoms with E-state index in [2.05, 4.69) is 18.8 Å². The molecule has 0 amide bonds. The average Bonchev–Trinajstić information content (AvgIpc) is 3.04. The van der Waals surface area contributed by atoms with Gasteiger partial charge in [-0.15, -0.1) is 0 Å². The Morgan fingerprint density at radius 3 is 2.75 bits per heavy atom. The summed E-state index contributed by atoms with van der Waals surface area (Å²) in [7, 11) is 1.96. The Bertz CT molecular complexity index is 224. The summed E-state index contributed by atoms with van der Waals surface area (Å²) in [5.74, 6) is 2.00. The van der Waals surface area contributed by atoms with E-state index < -0.39 is 0 Å².